The van der Waals surface area contributed by atoms with Crippen LogP contribution in [0.1, 0.15) is 38.4 Å². The van der Waals surface area contributed by atoms with Gasteiger partial charge in [0.25, 0.3) is 0 Å². The quantitative estimate of drug-likeness (QED) is 0.440. The van der Waals surface area contributed by atoms with Crippen molar-refractivity contribution in [2.24, 2.45) is 10.4 Å². The Morgan fingerprint density at radius 3 is 2.55 bits per heavy atom. The van der Waals surface area contributed by atoms with Gasteiger partial charge in [0.2, 0.25) is 5.91 Å². The van der Waals surface area contributed by atoms with Gasteiger partial charge in [-0.25, -0.2) is 9.98 Å². The number of amides is 1. The first-order valence-electron chi connectivity index (χ1n) is 10.8. The van der Waals surface area contributed by atoms with Gasteiger partial charge in [-0.15, -0.1) is 0 Å². The second kappa shape index (κ2) is 10.3. The number of H-pyrrole nitrogens is 1. The maximum atomic E-state index is 12.8. The lowest BCUT2D eigenvalue weighted by Crippen LogP contribution is -2.49. The number of methoxy groups -OCH3 is 1. The van der Waals surface area contributed by atoms with Crippen molar-refractivity contribution in [1.29, 1.82) is 0 Å². The van der Waals surface area contributed by atoms with Crippen LogP contribution in [-0.2, 0) is 11.3 Å². The minimum Gasteiger partial charge on any atom is -0.497 e. The van der Waals surface area contributed by atoms with Crippen molar-refractivity contribution in [3.63, 3.8) is 0 Å². The van der Waals surface area contributed by atoms with E-state index in [1.807, 2.05) is 45.3 Å². The predicted molar refractivity (Wildman–Crippen MR) is 121 cm³/mol. The molecule has 1 heterocycles. The van der Waals surface area contributed by atoms with Crippen molar-refractivity contribution >= 4 is 11.9 Å². The number of aromatic amines is 1. The van der Waals surface area contributed by atoms with Crippen LogP contribution in [0.3, 0.4) is 0 Å². The maximum Gasteiger partial charge on any atom is 0.230 e. The van der Waals surface area contributed by atoms with Gasteiger partial charge in [0.15, 0.2) is 11.8 Å². The molecule has 168 valence electrons. The Labute approximate surface area is 183 Å². The lowest BCUT2D eigenvalue weighted by molar-refractivity contribution is -0.138. The number of aliphatic imine (C=N–C) groups is 1. The third kappa shape index (κ3) is 5.53. The topological polar surface area (TPSA) is 108 Å². The van der Waals surface area contributed by atoms with Crippen LogP contribution < -0.4 is 15.4 Å². The third-order valence-corrected chi connectivity index (χ3v) is 5.63. The first kappa shape index (κ1) is 22.6. The van der Waals surface area contributed by atoms with Crippen molar-refractivity contribution in [1.82, 2.24) is 30.7 Å². The van der Waals surface area contributed by atoms with E-state index in [-0.39, 0.29) is 11.3 Å². The Balaban J connectivity index is 1.65. The van der Waals surface area contributed by atoms with Gasteiger partial charge in [0.05, 0.1) is 12.5 Å². The number of hydrogen-bond acceptors (Lipinski definition) is 5. The fourth-order valence-corrected chi connectivity index (χ4v) is 3.98. The molecule has 31 heavy (non-hydrogen) atoms. The molecule has 0 atom stereocenters. The van der Waals surface area contributed by atoms with Crippen LogP contribution in [0.5, 0.6) is 5.75 Å². The summed E-state index contributed by atoms with van der Waals surface area (Å²) in [7, 11) is 5.29. The molecule has 1 fully saturated rings. The Morgan fingerprint density at radius 1 is 1.23 bits per heavy atom. The van der Waals surface area contributed by atoms with Gasteiger partial charge in [-0.1, -0.05) is 12.8 Å². The summed E-state index contributed by atoms with van der Waals surface area (Å²) in [6, 6.07) is 7.60. The van der Waals surface area contributed by atoms with Crippen molar-refractivity contribution in [3.8, 4) is 17.1 Å². The molecule has 1 aromatic carbocycles. The molecule has 0 aliphatic heterocycles. The number of benzene rings is 1. The lowest BCUT2D eigenvalue weighted by atomic mass is 9.84. The van der Waals surface area contributed by atoms with Crippen LogP contribution in [0.25, 0.3) is 11.4 Å². The number of rotatable bonds is 8. The molecule has 0 unspecified atom stereocenters. The SMILES string of the molecule is CCNC(=NCc1nc(-c2ccc(OC)cc2)n[nH]1)NCC1(C(=O)N(C)C)CCCC1. The minimum atomic E-state index is -0.354. The molecular weight excluding hydrogens is 394 g/mol. The summed E-state index contributed by atoms with van der Waals surface area (Å²) in [6.07, 6.45) is 3.98. The molecule has 9 heteroatoms. The molecule has 0 spiro atoms. The molecule has 1 aromatic heterocycles. The normalized spacial score (nSPS) is 15.5. The molecule has 2 aromatic rings. The summed E-state index contributed by atoms with van der Waals surface area (Å²) in [5.74, 6) is 2.93. The van der Waals surface area contributed by atoms with Crippen molar-refractivity contribution < 1.29 is 9.53 Å². The van der Waals surface area contributed by atoms with E-state index >= 15 is 0 Å². The Bertz CT molecular complexity index is 884. The van der Waals surface area contributed by atoms with Crippen molar-refractivity contribution in [3.05, 3.63) is 30.1 Å². The summed E-state index contributed by atoms with van der Waals surface area (Å²) >= 11 is 0. The van der Waals surface area contributed by atoms with Crippen LogP contribution in [0.4, 0.5) is 0 Å². The number of ether oxygens (including phenoxy) is 1. The Hall–Kier alpha value is -3.10. The minimum absolute atomic E-state index is 0.188. The fourth-order valence-electron chi connectivity index (χ4n) is 3.98. The van der Waals surface area contributed by atoms with Gasteiger partial charge in [-0.2, -0.15) is 5.10 Å². The highest BCUT2D eigenvalue weighted by atomic mass is 16.5. The zero-order valence-corrected chi connectivity index (χ0v) is 18.9. The summed E-state index contributed by atoms with van der Waals surface area (Å²) in [5.41, 5.74) is 0.552. The van der Waals surface area contributed by atoms with Gasteiger partial charge in [0, 0.05) is 32.7 Å². The van der Waals surface area contributed by atoms with Crippen molar-refractivity contribution in [2.45, 2.75) is 39.2 Å². The number of nitrogens with zero attached hydrogens (tertiary/aromatic N) is 4. The molecule has 1 amide bonds. The zero-order valence-electron chi connectivity index (χ0n) is 18.9. The van der Waals surface area contributed by atoms with Crippen LogP contribution in [0.15, 0.2) is 29.3 Å². The molecule has 3 N–H and O–H groups in total. The number of aromatic nitrogens is 3. The standard InChI is InChI=1S/C22H33N7O2/c1-5-23-21(25-15-22(12-6-7-13-22)20(30)29(2)3)24-14-18-26-19(28-27-18)16-8-10-17(31-4)11-9-16/h8-11H,5-7,12-15H2,1-4H3,(H2,23,24,25)(H,26,27,28). The van der Waals surface area contributed by atoms with E-state index < -0.39 is 0 Å². The predicted octanol–water partition coefficient (Wildman–Crippen LogP) is 2.18. The first-order valence-corrected chi connectivity index (χ1v) is 10.8. The molecule has 1 aliphatic rings. The van der Waals surface area contributed by atoms with Crippen LogP contribution in [0, 0.1) is 5.41 Å². The van der Waals surface area contributed by atoms with E-state index in [1.54, 1.807) is 12.0 Å². The van der Waals surface area contributed by atoms with Gasteiger partial charge in [0.1, 0.15) is 18.1 Å². The summed E-state index contributed by atoms with van der Waals surface area (Å²) in [4.78, 5) is 23.7. The summed E-state index contributed by atoms with van der Waals surface area (Å²) in [6.45, 7) is 3.67. The van der Waals surface area contributed by atoms with Crippen molar-refractivity contribution in [2.75, 3.05) is 34.3 Å². The largest absolute Gasteiger partial charge is 0.497 e. The average molecular weight is 428 g/mol. The van der Waals surface area contributed by atoms with E-state index in [1.165, 1.54) is 0 Å². The molecule has 0 saturated heterocycles. The van der Waals surface area contributed by atoms with E-state index in [0.717, 1.165) is 43.5 Å². The number of nitrogens with one attached hydrogen (secondary N) is 3. The Morgan fingerprint density at radius 2 is 1.94 bits per heavy atom. The monoisotopic (exact) mass is 427 g/mol. The first-order chi connectivity index (χ1) is 15.0. The Kier molecular flexibility index (Phi) is 7.49. The molecule has 1 saturated carbocycles. The maximum absolute atomic E-state index is 12.8. The number of guanidine groups is 1. The average Bonchev–Trinajstić information content (AvgIpc) is 3.46. The number of carbonyl (C=O) groups excluding carboxylic acids is 1. The molecule has 1 aliphatic carbocycles. The van der Waals surface area contributed by atoms with E-state index in [9.17, 15) is 4.79 Å². The molecule has 0 bridgehead atoms. The highest BCUT2D eigenvalue weighted by Crippen LogP contribution is 2.38. The lowest BCUT2D eigenvalue weighted by Gasteiger charge is -2.31. The molecule has 3 rings (SSSR count). The van der Waals surface area contributed by atoms with Gasteiger partial charge in [-0.3, -0.25) is 9.89 Å². The summed E-state index contributed by atoms with van der Waals surface area (Å²) in [5, 5.41) is 13.9. The summed E-state index contributed by atoms with van der Waals surface area (Å²) < 4.78 is 5.19. The van der Waals surface area contributed by atoms with Gasteiger partial charge in [-0.05, 0) is 44.0 Å². The van der Waals surface area contributed by atoms with Gasteiger partial charge < -0.3 is 20.3 Å². The number of carbonyl (C=O) groups is 1. The van der Waals surface area contributed by atoms with Gasteiger partial charge >= 0.3 is 0 Å². The van der Waals surface area contributed by atoms with Crippen LogP contribution in [0.2, 0.25) is 0 Å². The van der Waals surface area contributed by atoms with Crippen LogP contribution in [-0.4, -0.2) is 66.2 Å². The van der Waals surface area contributed by atoms with Crippen LogP contribution >= 0.6 is 0 Å². The molecular formula is C22H33N7O2. The highest BCUT2D eigenvalue weighted by molar-refractivity contribution is 5.85. The fraction of sp³-hybridized carbons (Fsp3) is 0.545. The third-order valence-electron chi connectivity index (χ3n) is 5.63. The second-order valence-corrected chi connectivity index (χ2v) is 8.07. The molecule has 0 radical (unpaired) electrons. The molecule has 9 nitrogen and oxygen atoms in total. The van der Waals surface area contributed by atoms with E-state index in [4.69, 9.17) is 4.74 Å². The zero-order chi connectivity index (χ0) is 22.3. The van der Waals surface area contributed by atoms with E-state index in [2.05, 4.69) is 30.8 Å². The number of hydrogen-bond donors (Lipinski definition) is 3. The smallest absolute Gasteiger partial charge is 0.230 e. The highest BCUT2D eigenvalue weighted by Gasteiger charge is 2.42. The second-order valence-electron chi connectivity index (χ2n) is 8.07. The van der Waals surface area contributed by atoms with E-state index in [0.29, 0.717) is 30.7 Å².